The van der Waals surface area contributed by atoms with Crippen molar-refractivity contribution in [2.24, 2.45) is 0 Å². The summed E-state index contributed by atoms with van der Waals surface area (Å²) in [4.78, 5) is 2.39. The lowest BCUT2D eigenvalue weighted by Crippen LogP contribution is -2.12. The second-order valence-electron chi connectivity index (χ2n) is 9.02. The minimum Gasteiger partial charge on any atom is -0.309 e. The molecule has 6 aromatic carbocycles. The lowest BCUT2D eigenvalue weighted by Gasteiger charge is -2.31. The van der Waals surface area contributed by atoms with Crippen LogP contribution in [0.3, 0.4) is 0 Å². The number of nitrogens with zero attached hydrogens (tertiary/aromatic N) is 1. The average molecular weight is 474 g/mol. The van der Waals surface area contributed by atoms with Crippen molar-refractivity contribution in [2.75, 3.05) is 4.90 Å². The number of para-hydroxylation sites is 2. The van der Waals surface area contributed by atoms with E-state index in [9.17, 15) is 0 Å². The lowest BCUT2D eigenvalue weighted by atomic mass is 9.90. The molecular formula is C36H27N. The molecule has 0 N–H and O–H groups in total. The zero-order valence-electron chi connectivity index (χ0n) is 20.5. The maximum atomic E-state index is 2.39. The Labute approximate surface area is 218 Å². The Morgan fingerprint density at radius 1 is 0.297 bits per heavy atom. The summed E-state index contributed by atoms with van der Waals surface area (Å²) < 4.78 is 0. The molecule has 37 heavy (non-hydrogen) atoms. The van der Waals surface area contributed by atoms with Gasteiger partial charge in [-0.2, -0.15) is 0 Å². The van der Waals surface area contributed by atoms with Crippen molar-refractivity contribution in [3.8, 4) is 33.4 Å². The fraction of sp³-hybridized carbons (Fsp3) is 0. The molecule has 1 nitrogen and oxygen atoms in total. The molecule has 0 saturated carbocycles. The van der Waals surface area contributed by atoms with Gasteiger partial charge in [-0.3, -0.25) is 0 Å². The van der Waals surface area contributed by atoms with Crippen LogP contribution in [0.1, 0.15) is 0 Å². The number of hydrogen-bond acceptors (Lipinski definition) is 1. The van der Waals surface area contributed by atoms with Gasteiger partial charge in [-0.25, -0.2) is 0 Å². The number of benzene rings is 6. The minimum atomic E-state index is 1.12. The first-order chi connectivity index (χ1) is 18.4. The normalized spacial score (nSPS) is 10.7. The van der Waals surface area contributed by atoms with Gasteiger partial charge >= 0.3 is 0 Å². The van der Waals surface area contributed by atoms with Gasteiger partial charge < -0.3 is 4.90 Å². The van der Waals surface area contributed by atoms with Gasteiger partial charge in [0.05, 0.1) is 5.69 Å². The van der Waals surface area contributed by atoms with Gasteiger partial charge in [0.2, 0.25) is 0 Å². The van der Waals surface area contributed by atoms with Crippen LogP contribution in [0, 0.1) is 0 Å². The molecule has 0 aliphatic carbocycles. The summed E-state index contributed by atoms with van der Waals surface area (Å²) in [6.07, 6.45) is 0. The highest BCUT2D eigenvalue weighted by atomic mass is 15.1. The van der Waals surface area contributed by atoms with E-state index in [-0.39, 0.29) is 0 Å². The third kappa shape index (κ3) is 4.68. The molecule has 0 atom stereocenters. The van der Waals surface area contributed by atoms with Crippen LogP contribution in [0.5, 0.6) is 0 Å². The molecule has 0 aliphatic heterocycles. The Balaban J connectivity index is 1.74. The average Bonchev–Trinajstić information content (AvgIpc) is 3.00. The number of hydrogen-bond donors (Lipinski definition) is 0. The summed E-state index contributed by atoms with van der Waals surface area (Å²) in [5, 5.41) is 0. The van der Waals surface area contributed by atoms with Gasteiger partial charge in [-0.15, -0.1) is 0 Å². The van der Waals surface area contributed by atoms with E-state index in [4.69, 9.17) is 0 Å². The molecule has 0 radical (unpaired) electrons. The molecule has 0 aliphatic rings. The summed E-state index contributed by atoms with van der Waals surface area (Å²) in [5.74, 6) is 0. The molecule has 0 amide bonds. The van der Waals surface area contributed by atoms with Crippen molar-refractivity contribution >= 4 is 17.1 Å². The molecule has 176 valence electrons. The minimum absolute atomic E-state index is 1.12. The van der Waals surface area contributed by atoms with Crippen LogP contribution < -0.4 is 4.90 Å². The van der Waals surface area contributed by atoms with E-state index in [1.54, 1.807) is 0 Å². The molecule has 0 fully saturated rings. The van der Waals surface area contributed by atoms with Gasteiger partial charge in [0.25, 0.3) is 0 Å². The van der Waals surface area contributed by atoms with Gasteiger partial charge in [-0.1, -0.05) is 127 Å². The first-order valence-electron chi connectivity index (χ1n) is 12.6. The molecular weight excluding hydrogens is 446 g/mol. The SMILES string of the molecule is c1ccc(-c2cc(-c3ccccc3)c(N(c3ccccc3)c3ccccc3)c(-c3ccccc3)c2)cc1. The lowest BCUT2D eigenvalue weighted by molar-refractivity contribution is 1.28. The van der Waals surface area contributed by atoms with Gasteiger partial charge in [0.15, 0.2) is 0 Å². The Kier molecular flexibility index (Phi) is 6.34. The van der Waals surface area contributed by atoms with Crippen LogP contribution in [0.15, 0.2) is 164 Å². The van der Waals surface area contributed by atoms with Crippen molar-refractivity contribution in [3.63, 3.8) is 0 Å². The Hall–Kier alpha value is -4.88. The highest BCUT2D eigenvalue weighted by Gasteiger charge is 2.23. The van der Waals surface area contributed by atoms with Crippen molar-refractivity contribution < 1.29 is 0 Å². The number of anilines is 3. The van der Waals surface area contributed by atoms with E-state index in [0.717, 1.165) is 17.1 Å². The van der Waals surface area contributed by atoms with Gasteiger partial charge in [-0.05, 0) is 58.7 Å². The maximum Gasteiger partial charge on any atom is 0.0618 e. The Morgan fingerprint density at radius 2 is 0.622 bits per heavy atom. The van der Waals surface area contributed by atoms with Crippen molar-refractivity contribution in [2.45, 2.75) is 0 Å². The van der Waals surface area contributed by atoms with E-state index < -0.39 is 0 Å². The Bertz CT molecular complexity index is 1480. The fourth-order valence-corrected chi connectivity index (χ4v) is 4.91. The predicted molar refractivity (Wildman–Crippen MR) is 157 cm³/mol. The summed E-state index contributed by atoms with van der Waals surface area (Å²) in [5.41, 5.74) is 10.5. The van der Waals surface area contributed by atoms with Crippen molar-refractivity contribution in [3.05, 3.63) is 164 Å². The molecule has 0 spiro atoms. The van der Waals surface area contributed by atoms with Crippen LogP contribution in [0.25, 0.3) is 33.4 Å². The third-order valence-electron chi connectivity index (χ3n) is 6.64. The first-order valence-corrected chi connectivity index (χ1v) is 12.6. The molecule has 0 saturated heterocycles. The zero-order valence-corrected chi connectivity index (χ0v) is 20.5. The molecule has 0 aromatic heterocycles. The largest absolute Gasteiger partial charge is 0.309 e. The third-order valence-corrected chi connectivity index (χ3v) is 6.64. The van der Waals surface area contributed by atoms with Crippen LogP contribution in [0.4, 0.5) is 17.1 Å². The fourth-order valence-electron chi connectivity index (χ4n) is 4.91. The van der Waals surface area contributed by atoms with Crippen LogP contribution in [-0.2, 0) is 0 Å². The van der Waals surface area contributed by atoms with Crippen LogP contribution in [0.2, 0.25) is 0 Å². The summed E-state index contributed by atoms with van der Waals surface area (Å²) in [7, 11) is 0. The van der Waals surface area contributed by atoms with Crippen LogP contribution in [-0.4, -0.2) is 0 Å². The van der Waals surface area contributed by atoms with E-state index >= 15 is 0 Å². The topological polar surface area (TPSA) is 3.24 Å². The molecule has 6 aromatic rings. The quantitative estimate of drug-likeness (QED) is 0.233. The highest BCUT2D eigenvalue weighted by Crippen LogP contribution is 2.48. The van der Waals surface area contributed by atoms with Crippen molar-refractivity contribution in [1.82, 2.24) is 0 Å². The first kappa shape index (κ1) is 22.6. The highest BCUT2D eigenvalue weighted by molar-refractivity contribution is 6.00. The Morgan fingerprint density at radius 3 is 1.00 bits per heavy atom. The smallest absolute Gasteiger partial charge is 0.0618 e. The van der Waals surface area contributed by atoms with E-state index in [1.165, 1.54) is 33.4 Å². The second-order valence-corrected chi connectivity index (χ2v) is 9.02. The van der Waals surface area contributed by atoms with E-state index in [1.807, 2.05) is 0 Å². The van der Waals surface area contributed by atoms with E-state index in [2.05, 4.69) is 169 Å². The maximum absolute atomic E-state index is 2.39. The predicted octanol–water partition coefficient (Wildman–Crippen LogP) is 10.2. The van der Waals surface area contributed by atoms with Crippen molar-refractivity contribution in [1.29, 1.82) is 0 Å². The number of rotatable bonds is 6. The standard InChI is InChI=1S/C36H27N/c1-6-16-28(17-7-1)31-26-34(29-18-8-2-9-19-29)36(35(27-31)30-20-10-3-11-21-30)37(32-22-12-4-13-23-32)33-24-14-5-15-25-33/h1-27H. The monoisotopic (exact) mass is 473 g/mol. The summed E-state index contributed by atoms with van der Waals surface area (Å²) in [6, 6.07) is 58.1. The summed E-state index contributed by atoms with van der Waals surface area (Å²) >= 11 is 0. The molecule has 0 bridgehead atoms. The van der Waals surface area contributed by atoms with Gasteiger partial charge in [0, 0.05) is 22.5 Å². The summed E-state index contributed by atoms with van der Waals surface area (Å²) in [6.45, 7) is 0. The van der Waals surface area contributed by atoms with E-state index in [0.29, 0.717) is 0 Å². The molecule has 6 rings (SSSR count). The molecule has 1 heteroatoms. The molecule has 0 unspecified atom stereocenters. The zero-order chi connectivity index (χ0) is 24.9. The second kappa shape index (κ2) is 10.4. The molecule has 0 heterocycles. The van der Waals surface area contributed by atoms with Crippen LogP contribution >= 0.6 is 0 Å². The van der Waals surface area contributed by atoms with Gasteiger partial charge in [0.1, 0.15) is 0 Å².